The summed E-state index contributed by atoms with van der Waals surface area (Å²) in [5.41, 5.74) is 29.0. The van der Waals surface area contributed by atoms with Crippen molar-refractivity contribution in [3.8, 4) is 0 Å². The number of aryl methyl sites for hydroxylation is 4. The van der Waals surface area contributed by atoms with Gasteiger partial charge in [0.2, 0.25) is 0 Å². The zero-order valence-corrected chi connectivity index (χ0v) is 50.3. The molecule has 2 N–H and O–H groups in total. The largest absolute Gasteiger partial charge is 0.354 e. The van der Waals surface area contributed by atoms with Crippen LogP contribution < -0.4 is 0 Å². The van der Waals surface area contributed by atoms with Crippen LogP contribution in [0.25, 0.3) is 107 Å². The fraction of sp³-hybridized carbons (Fsp3) is 0.400. The van der Waals surface area contributed by atoms with Gasteiger partial charge in [-0.1, -0.05) is 81.1 Å². The molecular weight excluding hydrogens is 989 g/mol. The van der Waals surface area contributed by atoms with Crippen molar-refractivity contribution in [2.24, 2.45) is 0 Å². The third-order valence-corrected chi connectivity index (χ3v) is 19.8. The molecule has 0 fully saturated rings. The van der Waals surface area contributed by atoms with Gasteiger partial charge in [0.05, 0.1) is 45.6 Å². The molecule has 10 heterocycles. The SMILES string of the molecule is CCCCc1c(CCCC)c2cc3nc(cc4[nH]c(cc5nc(cc1s2)C(CC)=C5C)c1cc2c5cc6nc(cc7sc(cc8nc(cc([nH]5)c2cc41)C(C)=C8CC)c(CCCC)c7CCCC)C(CC)=C6C)C(C)=C3CC. The summed E-state index contributed by atoms with van der Waals surface area (Å²) in [6.07, 6.45) is 17.4. The first kappa shape index (κ1) is 53.8. The topological polar surface area (TPSA) is 83.1 Å². The molecule has 0 radical (unpaired) electrons. The van der Waals surface area contributed by atoms with Gasteiger partial charge in [0.15, 0.2) is 0 Å². The van der Waals surface area contributed by atoms with E-state index in [1.165, 1.54) is 137 Å². The molecule has 0 spiro atoms. The molecule has 0 atom stereocenters. The zero-order chi connectivity index (χ0) is 54.5. The normalized spacial score (nSPS) is 14.0. The molecule has 16 bridgehead atoms. The average molecular weight is 1070 g/mol. The van der Waals surface area contributed by atoms with Crippen LogP contribution in [-0.2, 0) is 25.7 Å². The summed E-state index contributed by atoms with van der Waals surface area (Å²) in [4.78, 5) is 30.3. The highest BCUT2D eigenvalue weighted by molar-refractivity contribution is 7.24. The number of allylic oxidation sites excluding steroid dienone is 8. The Morgan fingerprint density at radius 1 is 0.308 bits per heavy atom. The molecule has 0 saturated carbocycles. The first-order chi connectivity index (χ1) is 37.9. The van der Waals surface area contributed by atoms with Crippen molar-refractivity contribution < 1.29 is 0 Å². The molecule has 0 saturated heterocycles. The lowest BCUT2D eigenvalue weighted by molar-refractivity contribution is 0.767. The van der Waals surface area contributed by atoms with Gasteiger partial charge in [0.25, 0.3) is 0 Å². The number of hydrogen-bond donors (Lipinski definition) is 2. The van der Waals surface area contributed by atoms with Crippen molar-refractivity contribution in [3.05, 3.63) is 128 Å². The van der Waals surface area contributed by atoms with Crippen molar-refractivity contribution in [1.29, 1.82) is 0 Å². The van der Waals surface area contributed by atoms with Crippen LogP contribution in [0, 0.1) is 0 Å². The maximum atomic E-state index is 5.56. The summed E-state index contributed by atoms with van der Waals surface area (Å²) in [6.45, 7) is 27.5. The number of thiophene rings is 2. The monoisotopic (exact) mass is 1070 g/mol. The van der Waals surface area contributed by atoms with Crippen molar-refractivity contribution in [2.45, 2.75) is 186 Å². The Morgan fingerprint density at radius 3 is 0.744 bits per heavy atom. The third-order valence-electron chi connectivity index (χ3n) is 17.5. The highest BCUT2D eigenvalue weighted by Crippen LogP contribution is 2.44. The van der Waals surface area contributed by atoms with Crippen LogP contribution in [0.1, 0.15) is 228 Å². The van der Waals surface area contributed by atoms with Crippen LogP contribution in [0.3, 0.4) is 0 Å². The van der Waals surface area contributed by atoms with Crippen LogP contribution in [0.5, 0.6) is 0 Å². The molecule has 402 valence electrons. The highest BCUT2D eigenvalue weighted by Gasteiger charge is 2.24. The predicted octanol–water partition coefficient (Wildman–Crippen LogP) is 21.4. The van der Waals surface area contributed by atoms with E-state index < -0.39 is 0 Å². The molecule has 1 aromatic carbocycles. The second-order valence-electron chi connectivity index (χ2n) is 22.3. The zero-order valence-electron chi connectivity index (χ0n) is 48.7. The quantitative estimate of drug-likeness (QED) is 0.101. The Bertz CT molecular complexity index is 3550. The predicted molar refractivity (Wildman–Crippen MR) is 343 cm³/mol. The molecule has 6 aromatic heterocycles. The van der Waals surface area contributed by atoms with Gasteiger partial charge in [-0.15, -0.1) is 22.7 Å². The summed E-state index contributed by atoms with van der Waals surface area (Å²) >= 11 is 3.90. The van der Waals surface area contributed by atoms with Crippen LogP contribution in [-0.4, -0.2) is 29.9 Å². The number of nitrogens with zero attached hydrogens (tertiary/aromatic N) is 4. The molecule has 0 amide bonds. The lowest BCUT2D eigenvalue weighted by Gasteiger charge is -2.05. The van der Waals surface area contributed by atoms with Gasteiger partial charge in [-0.2, -0.15) is 0 Å². The average Bonchev–Trinajstić information content (AvgIpc) is 4.33. The standard InChI is InChI=1S/C70H80N6S2/c1-13-21-25-47-48(26-22-14-2)68-36-64-44(18-6)40(10)56(72-64)32-60-52-30-54-53(29-51(52)59(75-60)31-55-39(9)43(17-5)63(71-55)35-67(47)77-68)61-33-57-41(11)45(19-7)65(73-57)37-69-49(27-23-15-3)50(28-24-16-4)70(78-69)38-66-46(20-8)42(12)58(74-66)34-62(54)76-61/h29-38,75-76H,13-28H2,1-12H3. The Labute approximate surface area is 471 Å². The molecule has 0 unspecified atom stereocenters. The minimum Gasteiger partial charge on any atom is -0.354 e. The second kappa shape index (κ2) is 22.5. The number of rotatable bonds is 16. The summed E-state index contributed by atoms with van der Waals surface area (Å²) in [5.74, 6) is 0. The maximum absolute atomic E-state index is 5.56. The van der Waals surface area contributed by atoms with E-state index in [0.29, 0.717) is 0 Å². The number of fused-ring (bicyclic) bond motifs is 22. The number of H-pyrrole nitrogens is 2. The van der Waals surface area contributed by atoms with E-state index in [0.717, 1.165) is 141 Å². The first-order valence-corrected chi connectivity index (χ1v) is 31.5. The third kappa shape index (κ3) is 9.56. The summed E-state index contributed by atoms with van der Waals surface area (Å²) in [5, 5.41) is 4.62. The molecule has 0 aliphatic carbocycles. The lowest BCUT2D eigenvalue weighted by atomic mass is 9.98. The van der Waals surface area contributed by atoms with Gasteiger partial charge in [-0.3, -0.25) is 0 Å². The van der Waals surface area contributed by atoms with Gasteiger partial charge >= 0.3 is 0 Å². The smallest absolute Gasteiger partial charge is 0.0690 e. The number of aromatic nitrogens is 6. The van der Waals surface area contributed by atoms with E-state index >= 15 is 0 Å². The Morgan fingerprint density at radius 2 is 0.538 bits per heavy atom. The van der Waals surface area contributed by atoms with E-state index in [1.807, 2.05) is 22.7 Å². The van der Waals surface area contributed by atoms with Crippen molar-refractivity contribution in [2.75, 3.05) is 0 Å². The minimum atomic E-state index is 0.918. The fourth-order valence-corrected chi connectivity index (χ4v) is 15.5. The number of aromatic amines is 2. The minimum absolute atomic E-state index is 0.918. The van der Waals surface area contributed by atoms with E-state index in [-0.39, 0.29) is 0 Å². The summed E-state index contributed by atoms with van der Waals surface area (Å²) in [6, 6.07) is 23.8. The van der Waals surface area contributed by atoms with Gasteiger partial charge < -0.3 is 9.97 Å². The molecule has 4 aliphatic rings. The van der Waals surface area contributed by atoms with Gasteiger partial charge in [0, 0.05) is 62.4 Å². The van der Waals surface area contributed by atoms with E-state index in [2.05, 4.69) is 154 Å². The molecule has 7 aromatic rings. The number of hydrogen-bond acceptors (Lipinski definition) is 6. The van der Waals surface area contributed by atoms with E-state index in [9.17, 15) is 0 Å². The summed E-state index contributed by atoms with van der Waals surface area (Å²) in [7, 11) is 0. The first-order valence-electron chi connectivity index (χ1n) is 29.9. The number of nitrogens with one attached hydrogen (secondary N) is 2. The molecule has 8 heteroatoms. The van der Waals surface area contributed by atoms with Crippen LogP contribution >= 0.6 is 22.7 Å². The number of benzene rings is 1. The highest BCUT2D eigenvalue weighted by atomic mass is 32.1. The Hall–Kier alpha value is -6.22. The van der Waals surface area contributed by atoms with Gasteiger partial charge in [-0.05, 0) is 232 Å². The lowest BCUT2D eigenvalue weighted by Crippen LogP contribution is -1.92. The van der Waals surface area contributed by atoms with Crippen LogP contribution in [0.15, 0.2) is 60.7 Å². The van der Waals surface area contributed by atoms with Crippen LogP contribution in [0.2, 0.25) is 0 Å². The molecule has 4 aliphatic heterocycles. The maximum Gasteiger partial charge on any atom is 0.0690 e. The summed E-state index contributed by atoms with van der Waals surface area (Å²) < 4.78 is 5.44. The van der Waals surface area contributed by atoms with E-state index in [1.54, 1.807) is 0 Å². The van der Waals surface area contributed by atoms with Gasteiger partial charge in [-0.25, -0.2) is 19.9 Å². The van der Waals surface area contributed by atoms with E-state index in [4.69, 9.17) is 19.9 Å². The molecule has 6 nitrogen and oxygen atoms in total. The Balaban J connectivity index is 1.27. The van der Waals surface area contributed by atoms with Gasteiger partial charge in [0.1, 0.15) is 0 Å². The molecule has 78 heavy (non-hydrogen) atoms. The fourth-order valence-electron chi connectivity index (χ4n) is 12.9. The second-order valence-corrected chi connectivity index (χ2v) is 24.5. The van der Waals surface area contributed by atoms with Crippen molar-refractivity contribution in [3.63, 3.8) is 0 Å². The molecule has 11 rings (SSSR count). The van der Waals surface area contributed by atoms with Crippen molar-refractivity contribution >= 4 is 130 Å². The van der Waals surface area contributed by atoms with Crippen LogP contribution in [0.4, 0.5) is 0 Å². The molecular formula is C70H80N6S2. The Kier molecular flexibility index (Phi) is 15.5. The number of unbranched alkanes of at least 4 members (excludes halogenated alkanes) is 4. The van der Waals surface area contributed by atoms with Crippen molar-refractivity contribution in [1.82, 2.24) is 29.9 Å².